The lowest BCUT2D eigenvalue weighted by Crippen LogP contribution is -2.28. The highest BCUT2D eigenvalue weighted by Crippen LogP contribution is 2.26. The van der Waals surface area contributed by atoms with Crippen molar-refractivity contribution in [2.75, 3.05) is 5.32 Å². The lowest BCUT2D eigenvalue weighted by Gasteiger charge is -2.07. The van der Waals surface area contributed by atoms with Gasteiger partial charge in [-0.05, 0) is 24.6 Å². The van der Waals surface area contributed by atoms with Crippen molar-refractivity contribution in [1.29, 1.82) is 0 Å². The molecular formula is C16H13N5O5S. The number of non-ortho nitro benzene ring substituents is 1. The Morgan fingerprint density at radius 3 is 2.59 bits per heavy atom. The van der Waals surface area contributed by atoms with Gasteiger partial charge in [-0.15, -0.1) is 11.3 Å². The number of benzene rings is 1. The summed E-state index contributed by atoms with van der Waals surface area (Å²) < 4.78 is 1.12. The summed E-state index contributed by atoms with van der Waals surface area (Å²) >= 11 is 1.03. The normalized spacial score (nSPS) is 10.7. The highest BCUT2D eigenvalue weighted by Gasteiger charge is 2.18. The number of hydrogen-bond acceptors (Lipinski definition) is 7. The lowest BCUT2D eigenvalue weighted by molar-refractivity contribution is -0.384. The van der Waals surface area contributed by atoms with Gasteiger partial charge < -0.3 is 11.1 Å². The van der Waals surface area contributed by atoms with Crippen molar-refractivity contribution in [3.8, 4) is 0 Å². The van der Waals surface area contributed by atoms with Gasteiger partial charge in [0, 0.05) is 17.8 Å². The topological polar surface area (TPSA) is 150 Å². The summed E-state index contributed by atoms with van der Waals surface area (Å²) in [4.78, 5) is 51.1. The van der Waals surface area contributed by atoms with Gasteiger partial charge in [0.15, 0.2) is 0 Å². The number of nitrogens with zero attached hydrogens (tertiary/aromatic N) is 3. The maximum atomic E-state index is 12.6. The Labute approximate surface area is 155 Å². The van der Waals surface area contributed by atoms with Crippen LogP contribution in [0.25, 0.3) is 10.2 Å². The molecule has 1 aromatic carbocycles. The minimum atomic E-state index is -0.641. The summed E-state index contributed by atoms with van der Waals surface area (Å²) in [5, 5.41) is 13.4. The molecule has 0 aliphatic carbocycles. The van der Waals surface area contributed by atoms with Crippen molar-refractivity contribution < 1.29 is 14.5 Å². The van der Waals surface area contributed by atoms with E-state index in [0.29, 0.717) is 16.1 Å². The Hall–Kier alpha value is -3.60. The smallest absolute Gasteiger partial charge is 0.269 e. The number of fused-ring (bicyclic) bond motifs is 1. The molecule has 2 aromatic heterocycles. The maximum Gasteiger partial charge on any atom is 0.269 e. The highest BCUT2D eigenvalue weighted by molar-refractivity contribution is 7.20. The summed E-state index contributed by atoms with van der Waals surface area (Å²) in [5.41, 5.74) is 5.53. The number of carbonyl (C=O) groups excluding carboxylic acids is 2. The van der Waals surface area contributed by atoms with Gasteiger partial charge in [0.25, 0.3) is 17.2 Å². The van der Waals surface area contributed by atoms with E-state index in [9.17, 15) is 24.5 Å². The lowest BCUT2D eigenvalue weighted by atomic mass is 10.2. The van der Waals surface area contributed by atoms with Crippen LogP contribution in [0.3, 0.4) is 0 Å². The van der Waals surface area contributed by atoms with E-state index in [1.165, 1.54) is 30.6 Å². The van der Waals surface area contributed by atoms with E-state index < -0.39 is 22.3 Å². The molecule has 3 aromatic rings. The zero-order valence-corrected chi connectivity index (χ0v) is 14.8. The number of nitro benzene ring substituents is 1. The molecule has 0 radical (unpaired) electrons. The Balaban J connectivity index is 1.83. The molecule has 11 heteroatoms. The number of aryl methyl sites for hydroxylation is 1. The fraction of sp³-hybridized carbons (Fsp3) is 0.125. The molecule has 0 spiro atoms. The van der Waals surface area contributed by atoms with Crippen molar-refractivity contribution in [2.24, 2.45) is 5.73 Å². The van der Waals surface area contributed by atoms with Crippen LogP contribution in [-0.2, 0) is 11.3 Å². The fourth-order valence-electron chi connectivity index (χ4n) is 2.53. The molecule has 138 valence electrons. The van der Waals surface area contributed by atoms with E-state index in [-0.39, 0.29) is 22.5 Å². The second-order valence-corrected chi connectivity index (χ2v) is 6.63. The van der Waals surface area contributed by atoms with Crippen molar-refractivity contribution in [3.05, 3.63) is 61.5 Å². The Morgan fingerprint density at radius 2 is 2.00 bits per heavy atom. The Morgan fingerprint density at radius 1 is 1.33 bits per heavy atom. The molecule has 0 atom stereocenters. The van der Waals surface area contributed by atoms with E-state index in [1.807, 2.05) is 0 Å². The first-order valence-electron chi connectivity index (χ1n) is 7.60. The van der Waals surface area contributed by atoms with E-state index in [0.717, 1.165) is 15.9 Å². The quantitative estimate of drug-likeness (QED) is 0.499. The van der Waals surface area contributed by atoms with Gasteiger partial charge in [0.1, 0.15) is 11.4 Å². The van der Waals surface area contributed by atoms with Gasteiger partial charge in [-0.3, -0.25) is 29.1 Å². The Bertz CT molecular complexity index is 1130. The van der Waals surface area contributed by atoms with Crippen LogP contribution < -0.4 is 16.6 Å². The number of hydrogen-bond donors (Lipinski definition) is 2. The first-order chi connectivity index (χ1) is 12.8. The predicted octanol–water partition coefficient (Wildman–Crippen LogP) is 1.41. The third-order valence-corrected chi connectivity index (χ3v) is 5.03. The summed E-state index contributed by atoms with van der Waals surface area (Å²) in [6.45, 7) is 1.29. The van der Waals surface area contributed by atoms with Crippen molar-refractivity contribution in [2.45, 2.75) is 13.5 Å². The minimum Gasteiger partial charge on any atom is -0.365 e. The predicted molar refractivity (Wildman–Crippen MR) is 98.9 cm³/mol. The van der Waals surface area contributed by atoms with Gasteiger partial charge in [-0.25, -0.2) is 4.98 Å². The fourth-order valence-corrected chi connectivity index (χ4v) is 3.52. The van der Waals surface area contributed by atoms with Gasteiger partial charge in [-0.1, -0.05) is 0 Å². The SMILES string of the molecule is Cc1c(C(N)=O)sc2ncn(CC(=O)Nc3ccc([N+](=O)[O-])cc3)c(=O)c12. The average Bonchev–Trinajstić information content (AvgIpc) is 2.95. The molecule has 2 amide bonds. The van der Waals surface area contributed by atoms with Crippen LogP contribution in [0.1, 0.15) is 15.2 Å². The van der Waals surface area contributed by atoms with Crippen LogP contribution in [0.4, 0.5) is 11.4 Å². The third-order valence-electron chi connectivity index (χ3n) is 3.82. The monoisotopic (exact) mass is 387 g/mol. The van der Waals surface area contributed by atoms with Crippen molar-refractivity contribution >= 4 is 44.7 Å². The molecule has 0 bridgehead atoms. The maximum absolute atomic E-state index is 12.6. The van der Waals surface area contributed by atoms with Crippen molar-refractivity contribution in [3.63, 3.8) is 0 Å². The van der Waals surface area contributed by atoms with Crippen molar-refractivity contribution in [1.82, 2.24) is 9.55 Å². The molecule has 3 rings (SSSR count). The molecule has 0 fully saturated rings. The van der Waals surface area contributed by atoms with E-state index in [2.05, 4.69) is 10.3 Å². The molecule has 0 unspecified atom stereocenters. The van der Waals surface area contributed by atoms with Crippen LogP contribution in [-0.4, -0.2) is 26.3 Å². The summed E-state index contributed by atoms with van der Waals surface area (Å²) in [5.74, 6) is -1.15. The summed E-state index contributed by atoms with van der Waals surface area (Å²) in [7, 11) is 0. The summed E-state index contributed by atoms with van der Waals surface area (Å²) in [6, 6.07) is 5.30. The number of nitrogens with two attached hydrogens (primary N) is 1. The number of aromatic nitrogens is 2. The largest absolute Gasteiger partial charge is 0.365 e. The Kier molecular flexibility index (Phi) is 4.69. The molecule has 2 heterocycles. The molecule has 0 aliphatic rings. The van der Waals surface area contributed by atoms with Crippen LogP contribution in [0.5, 0.6) is 0 Å². The minimum absolute atomic E-state index is 0.0999. The van der Waals surface area contributed by atoms with Gasteiger partial charge >= 0.3 is 0 Å². The van der Waals surface area contributed by atoms with Crippen LogP contribution in [0.2, 0.25) is 0 Å². The number of amides is 2. The molecular weight excluding hydrogens is 374 g/mol. The molecule has 3 N–H and O–H groups in total. The zero-order chi connectivity index (χ0) is 19.7. The number of rotatable bonds is 5. The van der Waals surface area contributed by atoms with Gasteiger partial charge in [0.2, 0.25) is 5.91 Å². The third kappa shape index (κ3) is 3.53. The van der Waals surface area contributed by atoms with E-state index >= 15 is 0 Å². The molecule has 0 aliphatic heterocycles. The first-order valence-corrected chi connectivity index (χ1v) is 8.42. The molecule has 0 saturated carbocycles. The molecule has 0 saturated heterocycles. The second-order valence-electron chi connectivity index (χ2n) is 5.63. The molecule has 10 nitrogen and oxygen atoms in total. The van der Waals surface area contributed by atoms with Crippen LogP contribution in [0.15, 0.2) is 35.4 Å². The second kappa shape index (κ2) is 6.96. The number of nitro groups is 1. The van der Waals surface area contributed by atoms with Gasteiger partial charge in [0.05, 0.1) is 21.5 Å². The van der Waals surface area contributed by atoms with E-state index in [1.54, 1.807) is 6.92 Å². The number of primary amides is 1. The number of anilines is 1. The highest BCUT2D eigenvalue weighted by atomic mass is 32.1. The van der Waals surface area contributed by atoms with Crippen LogP contribution >= 0.6 is 11.3 Å². The van der Waals surface area contributed by atoms with Gasteiger partial charge in [-0.2, -0.15) is 0 Å². The molecule has 27 heavy (non-hydrogen) atoms. The summed E-state index contributed by atoms with van der Waals surface area (Å²) in [6.07, 6.45) is 1.22. The van der Waals surface area contributed by atoms with Crippen LogP contribution in [0, 0.1) is 17.0 Å². The standard InChI is InChI=1S/C16H13N5O5S/c1-8-12-15(27-13(8)14(17)23)18-7-20(16(12)24)6-11(22)19-9-2-4-10(5-3-9)21(25)26/h2-5,7H,6H2,1H3,(H2,17,23)(H,19,22). The average molecular weight is 387 g/mol. The number of carbonyl (C=O) groups is 2. The zero-order valence-electron chi connectivity index (χ0n) is 14.0. The number of thiophene rings is 1. The number of nitrogens with one attached hydrogen (secondary N) is 1. The first kappa shape index (κ1) is 18.2. The van der Waals surface area contributed by atoms with E-state index in [4.69, 9.17) is 5.73 Å².